The van der Waals surface area contributed by atoms with Gasteiger partial charge < -0.3 is 5.32 Å². The molecule has 0 rings (SSSR count). The standard InChI is InChI=1S/C7H13ClN2O3S/c1-5(8)6(11)10-7(12)9-3-4-14(2)13/h5H,3-4H2,1-2H3,(H2,9,10,11,12). The van der Waals surface area contributed by atoms with Gasteiger partial charge in [0.1, 0.15) is 5.38 Å². The van der Waals surface area contributed by atoms with E-state index in [-0.39, 0.29) is 6.54 Å². The molecule has 0 saturated carbocycles. The van der Waals surface area contributed by atoms with Crippen LogP contribution in [0.5, 0.6) is 0 Å². The predicted molar refractivity (Wildman–Crippen MR) is 55.8 cm³/mol. The monoisotopic (exact) mass is 240 g/mol. The Labute approximate surface area is 90.0 Å². The van der Waals surface area contributed by atoms with Gasteiger partial charge in [-0.2, -0.15) is 0 Å². The topological polar surface area (TPSA) is 75.3 Å². The van der Waals surface area contributed by atoms with Crippen LogP contribution in [0.1, 0.15) is 6.92 Å². The van der Waals surface area contributed by atoms with E-state index in [1.807, 2.05) is 5.32 Å². The largest absolute Gasteiger partial charge is 0.337 e. The molecule has 2 atom stereocenters. The molecule has 3 amide bonds. The first-order valence-electron chi connectivity index (χ1n) is 3.96. The molecule has 0 fully saturated rings. The van der Waals surface area contributed by atoms with Crippen molar-refractivity contribution < 1.29 is 13.8 Å². The second kappa shape index (κ2) is 6.78. The normalized spacial score (nSPS) is 14.2. The first kappa shape index (κ1) is 13.4. The van der Waals surface area contributed by atoms with Gasteiger partial charge in [-0.1, -0.05) is 0 Å². The summed E-state index contributed by atoms with van der Waals surface area (Å²) < 4.78 is 10.6. The van der Waals surface area contributed by atoms with Gasteiger partial charge >= 0.3 is 6.03 Å². The van der Waals surface area contributed by atoms with Gasteiger partial charge in [0.25, 0.3) is 0 Å². The fraction of sp³-hybridized carbons (Fsp3) is 0.714. The lowest BCUT2D eigenvalue weighted by atomic mass is 10.4. The summed E-state index contributed by atoms with van der Waals surface area (Å²) in [5.41, 5.74) is 0. The summed E-state index contributed by atoms with van der Waals surface area (Å²) in [6.07, 6.45) is 1.53. The molecule has 0 aliphatic carbocycles. The molecule has 5 nitrogen and oxygen atoms in total. The van der Waals surface area contributed by atoms with Crippen molar-refractivity contribution in [2.75, 3.05) is 18.6 Å². The molecular weight excluding hydrogens is 228 g/mol. The molecule has 0 spiro atoms. The smallest absolute Gasteiger partial charge is 0.321 e. The molecule has 0 aromatic carbocycles. The Morgan fingerprint density at radius 2 is 2.07 bits per heavy atom. The van der Waals surface area contributed by atoms with Crippen LogP contribution in [0.2, 0.25) is 0 Å². The molecule has 0 bridgehead atoms. The van der Waals surface area contributed by atoms with Gasteiger partial charge in [-0.3, -0.25) is 14.3 Å². The molecular formula is C7H13ClN2O3S. The average molecular weight is 241 g/mol. The Bertz CT molecular complexity index is 245. The van der Waals surface area contributed by atoms with Gasteiger partial charge in [-0.05, 0) is 6.92 Å². The van der Waals surface area contributed by atoms with E-state index in [4.69, 9.17) is 11.6 Å². The molecule has 0 aliphatic heterocycles. The summed E-state index contributed by atoms with van der Waals surface area (Å²) in [4.78, 5) is 21.8. The number of halogens is 1. The number of amides is 3. The predicted octanol–water partition coefficient (Wildman–Crippen LogP) is -0.182. The van der Waals surface area contributed by atoms with Gasteiger partial charge in [0.2, 0.25) is 5.91 Å². The lowest BCUT2D eigenvalue weighted by Gasteiger charge is -2.06. The van der Waals surface area contributed by atoms with Crippen molar-refractivity contribution in [2.24, 2.45) is 0 Å². The lowest BCUT2D eigenvalue weighted by Crippen LogP contribution is -2.43. The zero-order chi connectivity index (χ0) is 11.1. The minimum absolute atomic E-state index is 0.263. The highest BCUT2D eigenvalue weighted by molar-refractivity contribution is 7.84. The Balaban J connectivity index is 3.66. The molecule has 7 heteroatoms. The van der Waals surface area contributed by atoms with Crippen LogP contribution in [0.25, 0.3) is 0 Å². The van der Waals surface area contributed by atoms with E-state index in [0.717, 1.165) is 0 Å². The summed E-state index contributed by atoms with van der Waals surface area (Å²) in [7, 11) is -0.957. The fourth-order valence-corrected chi connectivity index (χ4v) is 1.01. The molecule has 0 heterocycles. The van der Waals surface area contributed by atoms with E-state index in [1.54, 1.807) is 0 Å². The number of hydrogen-bond acceptors (Lipinski definition) is 3. The number of hydrogen-bond donors (Lipinski definition) is 2. The van der Waals surface area contributed by atoms with Crippen LogP contribution in [0, 0.1) is 0 Å². The number of rotatable bonds is 4. The minimum Gasteiger partial charge on any atom is -0.337 e. The van der Waals surface area contributed by atoms with Gasteiger partial charge in [-0.25, -0.2) is 4.79 Å². The second-order valence-corrected chi connectivity index (χ2v) is 4.85. The van der Waals surface area contributed by atoms with Gasteiger partial charge in [0.15, 0.2) is 0 Å². The molecule has 0 radical (unpaired) electrons. The van der Waals surface area contributed by atoms with E-state index in [2.05, 4.69) is 5.32 Å². The van der Waals surface area contributed by atoms with Crippen LogP contribution >= 0.6 is 11.6 Å². The number of urea groups is 1. The lowest BCUT2D eigenvalue weighted by molar-refractivity contribution is -0.119. The molecule has 82 valence electrons. The third-order valence-corrected chi connectivity index (χ3v) is 2.25. The van der Waals surface area contributed by atoms with E-state index < -0.39 is 28.1 Å². The van der Waals surface area contributed by atoms with Gasteiger partial charge in [0.05, 0.1) is 0 Å². The molecule has 2 N–H and O–H groups in total. The van der Waals surface area contributed by atoms with E-state index in [1.165, 1.54) is 13.2 Å². The van der Waals surface area contributed by atoms with Crippen molar-refractivity contribution in [1.82, 2.24) is 10.6 Å². The van der Waals surface area contributed by atoms with Crippen molar-refractivity contribution in [3.05, 3.63) is 0 Å². The number of alkyl halides is 1. The highest BCUT2D eigenvalue weighted by atomic mass is 35.5. The Morgan fingerprint density at radius 3 is 2.50 bits per heavy atom. The summed E-state index contributed by atoms with van der Waals surface area (Å²) >= 11 is 5.42. The molecule has 0 aromatic rings. The first-order valence-corrected chi connectivity index (χ1v) is 6.12. The fourth-order valence-electron chi connectivity index (χ4n) is 0.564. The van der Waals surface area contributed by atoms with Gasteiger partial charge in [-0.15, -0.1) is 11.6 Å². The first-order chi connectivity index (χ1) is 6.43. The third-order valence-electron chi connectivity index (χ3n) is 1.27. The number of carbonyl (C=O) groups is 2. The quantitative estimate of drug-likeness (QED) is 0.670. The zero-order valence-electron chi connectivity index (χ0n) is 8.00. The SMILES string of the molecule is CC(Cl)C(=O)NC(=O)NCCS(C)=O. The van der Waals surface area contributed by atoms with Crippen LogP contribution < -0.4 is 10.6 Å². The van der Waals surface area contributed by atoms with Crippen molar-refractivity contribution in [2.45, 2.75) is 12.3 Å². The number of carbonyl (C=O) groups excluding carboxylic acids is 2. The van der Waals surface area contributed by atoms with Crippen molar-refractivity contribution in [3.8, 4) is 0 Å². The van der Waals surface area contributed by atoms with Crippen LogP contribution in [0.4, 0.5) is 4.79 Å². The van der Waals surface area contributed by atoms with Crippen molar-refractivity contribution >= 4 is 34.3 Å². The highest BCUT2D eigenvalue weighted by Gasteiger charge is 2.11. The van der Waals surface area contributed by atoms with Crippen LogP contribution in [0.15, 0.2) is 0 Å². The van der Waals surface area contributed by atoms with E-state index >= 15 is 0 Å². The summed E-state index contributed by atoms with van der Waals surface area (Å²) in [5.74, 6) is -0.195. The summed E-state index contributed by atoms with van der Waals surface area (Å²) in [6, 6.07) is -0.618. The van der Waals surface area contributed by atoms with Crippen LogP contribution in [0.3, 0.4) is 0 Å². The Kier molecular flexibility index (Phi) is 6.48. The van der Waals surface area contributed by atoms with Crippen LogP contribution in [-0.4, -0.2) is 40.1 Å². The third kappa shape index (κ3) is 6.85. The maximum atomic E-state index is 10.9. The molecule has 0 saturated heterocycles. The van der Waals surface area contributed by atoms with E-state index in [9.17, 15) is 13.8 Å². The minimum atomic E-state index is -0.957. The highest BCUT2D eigenvalue weighted by Crippen LogP contribution is 1.91. The Morgan fingerprint density at radius 1 is 1.50 bits per heavy atom. The number of nitrogens with one attached hydrogen (secondary N) is 2. The number of imide groups is 1. The van der Waals surface area contributed by atoms with Crippen molar-refractivity contribution in [1.29, 1.82) is 0 Å². The van der Waals surface area contributed by atoms with Crippen LogP contribution in [-0.2, 0) is 15.6 Å². The van der Waals surface area contributed by atoms with Crippen molar-refractivity contribution in [3.63, 3.8) is 0 Å². The molecule has 14 heavy (non-hydrogen) atoms. The molecule has 0 aromatic heterocycles. The maximum Gasteiger partial charge on any atom is 0.321 e. The van der Waals surface area contributed by atoms with Gasteiger partial charge in [0, 0.05) is 29.4 Å². The summed E-state index contributed by atoms with van der Waals surface area (Å²) in [6.45, 7) is 1.73. The Hall–Kier alpha value is -0.620. The molecule has 0 aliphatic rings. The zero-order valence-corrected chi connectivity index (χ0v) is 9.57. The second-order valence-electron chi connectivity index (χ2n) is 2.64. The average Bonchev–Trinajstić information content (AvgIpc) is 2.02. The van der Waals surface area contributed by atoms with E-state index in [0.29, 0.717) is 5.75 Å². The summed E-state index contributed by atoms with van der Waals surface area (Å²) in [5, 5.41) is 3.66. The molecule has 2 unspecified atom stereocenters. The maximum absolute atomic E-state index is 10.9.